The number of hydrogen-bond donors (Lipinski definition) is 0. The van der Waals surface area contributed by atoms with E-state index in [4.69, 9.17) is 0 Å². The number of nitrogens with zero attached hydrogens (tertiary/aromatic N) is 2. The molecule has 24 heavy (non-hydrogen) atoms. The third-order valence-electron chi connectivity index (χ3n) is 4.63. The topological polar surface area (TPSA) is 46.4 Å². The van der Waals surface area contributed by atoms with Gasteiger partial charge in [-0.25, -0.2) is 0 Å². The van der Waals surface area contributed by atoms with Gasteiger partial charge in [-0.2, -0.15) is 0 Å². The maximum atomic E-state index is 11.7. The van der Waals surface area contributed by atoms with Crippen molar-refractivity contribution < 1.29 is 4.92 Å². The summed E-state index contributed by atoms with van der Waals surface area (Å²) in [6.45, 7) is 7.29. The van der Waals surface area contributed by atoms with E-state index in [1.165, 1.54) is 19.3 Å². The minimum absolute atomic E-state index is 0.227. The molecular weight excluding hydrogens is 300 g/mol. The van der Waals surface area contributed by atoms with Crippen molar-refractivity contribution in [2.45, 2.75) is 65.3 Å². The van der Waals surface area contributed by atoms with Gasteiger partial charge < -0.3 is 4.90 Å². The van der Waals surface area contributed by atoms with Crippen LogP contribution >= 0.6 is 0 Å². The average molecular weight is 330 g/mol. The van der Waals surface area contributed by atoms with Crippen molar-refractivity contribution in [3.8, 4) is 0 Å². The summed E-state index contributed by atoms with van der Waals surface area (Å²) in [4.78, 5) is 13.7. The van der Waals surface area contributed by atoms with Gasteiger partial charge in [0, 0.05) is 18.7 Å². The highest BCUT2D eigenvalue weighted by atomic mass is 16.6. The summed E-state index contributed by atoms with van der Waals surface area (Å²) in [5, 5.41) is 11.7. The highest BCUT2D eigenvalue weighted by Gasteiger charge is 2.27. The molecule has 1 fully saturated rings. The summed E-state index contributed by atoms with van der Waals surface area (Å²) in [5.41, 5.74) is 1.93. The maximum absolute atomic E-state index is 11.7. The molecule has 2 rings (SSSR count). The SMILES string of the molecule is CC/C=C\c1ccc(N(CC(C)C)C2CCCCC2)c([N+](=O)[O-])c1. The molecule has 1 saturated carbocycles. The zero-order valence-corrected chi connectivity index (χ0v) is 15.2. The number of benzene rings is 1. The van der Waals surface area contributed by atoms with Gasteiger partial charge in [0.2, 0.25) is 0 Å². The fourth-order valence-corrected chi connectivity index (χ4v) is 3.52. The molecule has 1 aromatic carbocycles. The van der Waals surface area contributed by atoms with Gasteiger partial charge in [-0.1, -0.05) is 58.3 Å². The maximum Gasteiger partial charge on any atom is 0.293 e. The zero-order chi connectivity index (χ0) is 17.5. The second kappa shape index (κ2) is 8.86. The van der Waals surface area contributed by atoms with E-state index in [0.29, 0.717) is 12.0 Å². The third-order valence-corrected chi connectivity index (χ3v) is 4.63. The fraction of sp³-hybridized carbons (Fsp3) is 0.600. The number of nitro benzene ring substituents is 1. The van der Waals surface area contributed by atoms with Crippen LogP contribution < -0.4 is 4.90 Å². The lowest BCUT2D eigenvalue weighted by molar-refractivity contribution is -0.384. The molecule has 0 unspecified atom stereocenters. The summed E-state index contributed by atoms with van der Waals surface area (Å²) >= 11 is 0. The van der Waals surface area contributed by atoms with Crippen molar-refractivity contribution >= 4 is 17.5 Å². The molecule has 0 spiro atoms. The Kier molecular flexibility index (Phi) is 6.83. The first-order chi connectivity index (χ1) is 11.5. The monoisotopic (exact) mass is 330 g/mol. The Hall–Kier alpha value is -1.84. The summed E-state index contributed by atoms with van der Waals surface area (Å²) in [6.07, 6.45) is 10.9. The van der Waals surface area contributed by atoms with Gasteiger partial charge >= 0.3 is 0 Å². The first-order valence-electron chi connectivity index (χ1n) is 9.24. The van der Waals surface area contributed by atoms with Crippen molar-refractivity contribution in [2.75, 3.05) is 11.4 Å². The summed E-state index contributed by atoms with van der Waals surface area (Å²) < 4.78 is 0. The molecule has 4 heteroatoms. The quantitative estimate of drug-likeness (QED) is 0.468. The second-order valence-corrected chi connectivity index (χ2v) is 7.15. The molecule has 0 aliphatic heterocycles. The Balaban J connectivity index is 2.39. The Labute approximate surface area is 145 Å². The number of nitro groups is 1. The van der Waals surface area contributed by atoms with Crippen LogP contribution in [0, 0.1) is 16.0 Å². The molecule has 0 amide bonds. The summed E-state index contributed by atoms with van der Waals surface area (Å²) in [6, 6.07) is 6.10. The minimum atomic E-state index is -0.227. The van der Waals surface area contributed by atoms with Gasteiger partial charge in [-0.05, 0) is 36.8 Å². The lowest BCUT2D eigenvalue weighted by atomic mass is 9.92. The lowest BCUT2D eigenvalue weighted by Crippen LogP contribution is -2.39. The molecule has 132 valence electrons. The van der Waals surface area contributed by atoms with E-state index in [9.17, 15) is 10.1 Å². The molecular formula is C20H30N2O2. The second-order valence-electron chi connectivity index (χ2n) is 7.15. The first-order valence-corrected chi connectivity index (χ1v) is 9.24. The Morgan fingerprint density at radius 1 is 1.29 bits per heavy atom. The van der Waals surface area contributed by atoms with Crippen LogP contribution in [0.5, 0.6) is 0 Å². The molecule has 0 heterocycles. The first kappa shape index (κ1) is 18.5. The fourth-order valence-electron chi connectivity index (χ4n) is 3.52. The Morgan fingerprint density at radius 3 is 2.58 bits per heavy atom. The molecule has 0 bridgehead atoms. The van der Waals surface area contributed by atoms with Crippen molar-refractivity contribution in [1.29, 1.82) is 0 Å². The molecule has 4 nitrogen and oxygen atoms in total. The highest BCUT2D eigenvalue weighted by molar-refractivity contribution is 5.68. The molecule has 0 atom stereocenters. The van der Waals surface area contributed by atoms with E-state index in [0.717, 1.165) is 37.1 Å². The predicted molar refractivity (Wildman–Crippen MR) is 101 cm³/mol. The molecule has 0 saturated heterocycles. The number of hydrogen-bond acceptors (Lipinski definition) is 3. The van der Waals surface area contributed by atoms with Crippen LogP contribution in [-0.4, -0.2) is 17.5 Å². The largest absolute Gasteiger partial charge is 0.363 e. The number of allylic oxidation sites excluding steroid dienone is 1. The zero-order valence-electron chi connectivity index (χ0n) is 15.2. The van der Waals surface area contributed by atoms with E-state index >= 15 is 0 Å². The van der Waals surface area contributed by atoms with Gasteiger partial charge in [-0.15, -0.1) is 0 Å². The van der Waals surface area contributed by atoms with Crippen LogP contribution in [0.4, 0.5) is 11.4 Å². The van der Waals surface area contributed by atoms with E-state index in [-0.39, 0.29) is 10.6 Å². The van der Waals surface area contributed by atoms with E-state index in [1.807, 2.05) is 24.3 Å². The van der Waals surface area contributed by atoms with Crippen molar-refractivity contribution in [2.24, 2.45) is 5.92 Å². The normalized spacial score (nSPS) is 16.0. The van der Waals surface area contributed by atoms with Crippen LogP contribution in [0.3, 0.4) is 0 Å². The van der Waals surface area contributed by atoms with Crippen LogP contribution in [-0.2, 0) is 0 Å². The van der Waals surface area contributed by atoms with Crippen molar-refractivity contribution in [3.05, 3.63) is 40.0 Å². The molecule has 1 aromatic rings. The van der Waals surface area contributed by atoms with Gasteiger partial charge in [0.05, 0.1) is 4.92 Å². The summed E-state index contributed by atoms with van der Waals surface area (Å²) in [7, 11) is 0. The molecule has 1 aliphatic rings. The molecule has 1 aliphatic carbocycles. The number of anilines is 1. The third kappa shape index (κ3) is 4.83. The summed E-state index contributed by atoms with van der Waals surface area (Å²) in [5.74, 6) is 0.478. The van der Waals surface area contributed by atoms with Crippen LogP contribution in [0.2, 0.25) is 0 Å². The number of rotatable bonds is 7. The van der Waals surface area contributed by atoms with Crippen LogP contribution in [0.25, 0.3) is 6.08 Å². The predicted octanol–water partition coefficient (Wildman–Crippen LogP) is 5.81. The minimum Gasteiger partial charge on any atom is -0.363 e. The smallest absolute Gasteiger partial charge is 0.293 e. The molecule has 0 N–H and O–H groups in total. The van der Waals surface area contributed by atoms with E-state index in [2.05, 4.69) is 25.7 Å². The van der Waals surface area contributed by atoms with Gasteiger partial charge in [0.25, 0.3) is 5.69 Å². The van der Waals surface area contributed by atoms with Gasteiger partial charge in [0.15, 0.2) is 0 Å². The molecule has 0 aromatic heterocycles. The highest BCUT2D eigenvalue weighted by Crippen LogP contribution is 2.35. The Bertz CT molecular complexity index is 575. The van der Waals surface area contributed by atoms with Gasteiger partial charge in [0.1, 0.15) is 5.69 Å². The lowest BCUT2D eigenvalue weighted by Gasteiger charge is -2.37. The van der Waals surface area contributed by atoms with Crippen LogP contribution in [0.1, 0.15) is 64.9 Å². The Morgan fingerprint density at radius 2 is 2.00 bits per heavy atom. The van der Waals surface area contributed by atoms with E-state index < -0.39 is 0 Å². The standard InChI is InChI=1S/C20H30N2O2/c1-4-5-9-17-12-13-19(20(14-17)22(23)24)21(15-16(2)3)18-10-7-6-8-11-18/h5,9,12-14,16,18H,4,6-8,10-11,15H2,1-3H3/b9-5-. The van der Waals surface area contributed by atoms with Crippen molar-refractivity contribution in [1.82, 2.24) is 0 Å². The average Bonchev–Trinajstić information content (AvgIpc) is 2.58. The van der Waals surface area contributed by atoms with Crippen LogP contribution in [0.15, 0.2) is 24.3 Å². The van der Waals surface area contributed by atoms with Gasteiger partial charge in [-0.3, -0.25) is 10.1 Å². The van der Waals surface area contributed by atoms with E-state index in [1.54, 1.807) is 6.07 Å². The molecule has 0 radical (unpaired) electrons. The van der Waals surface area contributed by atoms with Crippen molar-refractivity contribution in [3.63, 3.8) is 0 Å².